The molecule has 0 aliphatic carbocycles. The summed E-state index contributed by atoms with van der Waals surface area (Å²) in [6.07, 6.45) is 0. The Morgan fingerprint density at radius 1 is 1.43 bits per heavy atom. The number of aromatic nitrogens is 1. The first-order valence-electron chi connectivity index (χ1n) is 6.52. The molecule has 112 valence electrons. The molecule has 1 aromatic heterocycles. The largest absolute Gasteiger partial charge is 0.481 e. The normalized spacial score (nSPS) is 13.0. The van der Waals surface area contributed by atoms with Crippen LogP contribution in [0.4, 0.5) is 9.52 Å². The van der Waals surface area contributed by atoms with Crippen LogP contribution in [0.25, 0.3) is 0 Å². The van der Waals surface area contributed by atoms with Crippen LogP contribution in [0.5, 0.6) is 0 Å². The number of nitrogens with one attached hydrogen (secondary N) is 1. The van der Waals surface area contributed by atoms with Gasteiger partial charge in [0.15, 0.2) is 5.13 Å². The second-order valence-electron chi connectivity index (χ2n) is 5.36. The second kappa shape index (κ2) is 5.81. The highest BCUT2D eigenvalue weighted by Crippen LogP contribution is 2.29. The number of carbonyl (C=O) groups is 1. The van der Waals surface area contributed by atoms with Gasteiger partial charge >= 0.3 is 5.97 Å². The standard InChI is InChI=1S/C15H17FN2O2S/c1-9(10-6-4-5-7-11(10)16)17-14-18-12(8-21-14)15(2,3)13(19)20/h4-9H,1-3H3,(H,17,18)(H,19,20). The van der Waals surface area contributed by atoms with Crippen LogP contribution in [0, 0.1) is 5.82 Å². The molecule has 0 aliphatic heterocycles. The molecule has 4 nitrogen and oxygen atoms in total. The van der Waals surface area contributed by atoms with Gasteiger partial charge < -0.3 is 10.4 Å². The average molecular weight is 308 g/mol. The van der Waals surface area contributed by atoms with Crippen molar-refractivity contribution in [3.05, 3.63) is 46.7 Å². The van der Waals surface area contributed by atoms with E-state index >= 15 is 0 Å². The zero-order valence-electron chi connectivity index (χ0n) is 12.1. The zero-order valence-corrected chi connectivity index (χ0v) is 12.9. The Morgan fingerprint density at radius 2 is 2.10 bits per heavy atom. The van der Waals surface area contributed by atoms with Crippen LogP contribution in [-0.2, 0) is 10.2 Å². The van der Waals surface area contributed by atoms with Gasteiger partial charge in [-0.3, -0.25) is 4.79 Å². The number of anilines is 1. The van der Waals surface area contributed by atoms with Crippen LogP contribution in [0.2, 0.25) is 0 Å². The molecular formula is C15H17FN2O2S. The number of carboxylic acid groups (broad SMARTS) is 1. The fourth-order valence-electron chi connectivity index (χ4n) is 1.83. The second-order valence-corrected chi connectivity index (χ2v) is 6.21. The highest BCUT2D eigenvalue weighted by molar-refractivity contribution is 7.13. The van der Waals surface area contributed by atoms with Gasteiger partial charge in [0.05, 0.1) is 11.7 Å². The molecule has 1 atom stereocenters. The summed E-state index contributed by atoms with van der Waals surface area (Å²) >= 11 is 1.31. The minimum Gasteiger partial charge on any atom is -0.481 e. The molecule has 6 heteroatoms. The minimum absolute atomic E-state index is 0.252. The predicted molar refractivity (Wildman–Crippen MR) is 81.2 cm³/mol. The summed E-state index contributed by atoms with van der Waals surface area (Å²) in [6, 6.07) is 6.29. The van der Waals surface area contributed by atoms with E-state index in [0.29, 0.717) is 16.4 Å². The number of benzene rings is 1. The smallest absolute Gasteiger partial charge is 0.315 e. The zero-order chi connectivity index (χ0) is 15.6. The summed E-state index contributed by atoms with van der Waals surface area (Å²) < 4.78 is 13.7. The van der Waals surface area contributed by atoms with Gasteiger partial charge in [-0.05, 0) is 26.8 Å². The van der Waals surface area contributed by atoms with E-state index in [1.165, 1.54) is 17.4 Å². The number of hydrogen-bond donors (Lipinski definition) is 2. The molecule has 0 fully saturated rings. The number of hydrogen-bond acceptors (Lipinski definition) is 4. The van der Waals surface area contributed by atoms with Gasteiger partial charge in [0.1, 0.15) is 11.2 Å². The van der Waals surface area contributed by atoms with Gasteiger partial charge in [0, 0.05) is 10.9 Å². The molecule has 1 unspecified atom stereocenters. The van der Waals surface area contributed by atoms with Crippen molar-refractivity contribution in [1.29, 1.82) is 0 Å². The SMILES string of the molecule is CC(Nc1nc(C(C)(C)C(=O)O)cs1)c1ccccc1F. The Labute approximate surface area is 126 Å². The molecule has 0 bridgehead atoms. The molecule has 2 rings (SSSR count). The van der Waals surface area contributed by atoms with Gasteiger partial charge in [0.2, 0.25) is 0 Å². The van der Waals surface area contributed by atoms with Gasteiger partial charge in [-0.15, -0.1) is 11.3 Å². The molecule has 2 N–H and O–H groups in total. The summed E-state index contributed by atoms with van der Waals surface area (Å²) in [5.74, 6) is -1.21. The first-order chi connectivity index (χ1) is 9.82. The number of nitrogens with zero attached hydrogens (tertiary/aromatic N) is 1. The van der Waals surface area contributed by atoms with Crippen molar-refractivity contribution in [3.8, 4) is 0 Å². The maximum atomic E-state index is 13.7. The number of halogens is 1. The van der Waals surface area contributed by atoms with Crippen LogP contribution >= 0.6 is 11.3 Å². The van der Waals surface area contributed by atoms with Crippen molar-refractivity contribution in [1.82, 2.24) is 4.98 Å². The molecule has 1 heterocycles. The molecular weight excluding hydrogens is 291 g/mol. The average Bonchev–Trinajstić information content (AvgIpc) is 2.88. The highest BCUT2D eigenvalue weighted by atomic mass is 32.1. The summed E-state index contributed by atoms with van der Waals surface area (Å²) in [6.45, 7) is 5.05. The van der Waals surface area contributed by atoms with Crippen LogP contribution in [-0.4, -0.2) is 16.1 Å². The van der Waals surface area contributed by atoms with E-state index in [0.717, 1.165) is 0 Å². The third kappa shape index (κ3) is 3.21. The van der Waals surface area contributed by atoms with E-state index in [1.807, 2.05) is 6.92 Å². The maximum Gasteiger partial charge on any atom is 0.315 e. The molecule has 0 saturated heterocycles. The predicted octanol–water partition coefficient (Wildman–Crippen LogP) is 3.82. The first-order valence-corrected chi connectivity index (χ1v) is 7.40. The van der Waals surface area contributed by atoms with Gasteiger partial charge in [-0.2, -0.15) is 0 Å². The molecule has 0 radical (unpaired) electrons. The van der Waals surface area contributed by atoms with Crippen molar-refractivity contribution < 1.29 is 14.3 Å². The van der Waals surface area contributed by atoms with Crippen molar-refractivity contribution in [2.45, 2.75) is 32.2 Å². The van der Waals surface area contributed by atoms with Crippen molar-refractivity contribution in [3.63, 3.8) is 0 Å². The molecule has 0 saturated carbocycles. The Bertz CT molecular complexity index is 655. The van der Waals surface area contributed by atoms with Gasteiger partial charge in [-0.1, -0.05) is 18.2 Å². The Morgan fingerprint density at radius 3 is 2.71 bits per heavy atom. The number of aliphatic carboxylic acids is 1. The lowest BCUT2D eigenvalue weighted by molar-refractivity contribution is -0.142. The number of rotatable bonds is 5. The number of carboxylic acids is 1. The topological polar surface area (TPSA) is 62.2 Å². The lowest BCUT2D eigenvalue weighted by Crippen LogP contribution is -2.28. The fourth-order valence-corrected chi connectivity index (χ4v) is 2.79. The molecule has 2 aromatic rings. The monoisotopic (exact) mass is 308 g/mol. The summed E-state index contributed by atoms with van der Waals surface area (Å²) in [7, 11) is 0. The van der Waals surface area contributed by atoms with Gasteiger partial charge in [0.25, 0.3) is 0 Å². The molecule has 0 aliphatic rings. The minimum atomic E-state index is -1.04. The van der Waals surface area contributed by atoms with E-state index in [-0.39, 0.29) is 11.9 Å². The molecule has 21 heavy (non-hydrogen) atoms. The quantitative estimate of drug-likeness (QED) is 0.881. The lowest BCUT2D eigenvalue weighted by Gasteiger charge is -2.16. The number of thiazole rings is 1. The summed E-state index contributed by atoms with van der Waals surface area (Å²) in [5.41, 5.74) is -0.00697. The van der Waals surface area contributed by atoms with Crippen LogP contribution < -0.4 is 5.32 Å². The maximum absolute atomic E-state index is 13.7. The van der Waals surface area contributed by atoms with E-state index in [1.54, 1.807) is 37.4 Å². The van der Waals surface area contributed by atoms with Crippen molar-refractivity contribution in [2.75, 3.05) is 5.32 Å². The molecule has 1 aromatic carbocycles. The Hall–Kier alpha value is -1.95. The van der Waals surface area contributed by atoms with E-state index < -0.39 is 11.4 Å². The summed E-state index contributed by atoms with van der Waals surface area (Å²) in [5, 5.41) is 14.6. The third-order valence-electron chi connectivity index (χ3n) is 3.39. The first kappa shape index (κ1) is 15.4. The molecule has 0 amide bonds. The molecule has 0 spiro atoms. The summed E-state index contributed by atoms with van der Waals surface area (Å²) in [4.78, 5) is 15.5. The van der Waals surface area contributed by atoms with Crippen molar-refractivity contribution in [2.24, 2.45) is 0 Å². The highest BCUT2D eigenvalue weighted by Gasteiger charge is 2.32. The fraction of sp³-hybridized carbons (Fsp3) is 0.333. The Kier molecular flexibility index (Phi) is 4.27. The van der Waals surface area contributed by atoms with Crippen LogP contribution in [0.15, 0.2) is 29.6 Å². The van der Waals surface area contributed by atoms with E-state index in [4.69, 9.17) is 0 Å². The van der Waals surface area contributed by atoms with E-state index in [9.17, 15) is 14.3 Å². The van der Waals surface area contributed by atoms with Crippen LogP contribution in [0.1, 0.15) is 38.1 Å². The Balaban J connectivity index is 2.17. The van der Waals surface area contributed by atoms with Crippen molar-refractivity contribution >= 4 is 22.4 Å². The van der Waals surface area contributed by atoms with E-state index in [2.05, 4.69) is 10.3 Å². The van der Waals surface area contributed by atoms with Crippen LogP contribution in [0.3, 0.4) is 0 Å². The van der Waals surface area contributed by atoms with Gasteiger partial charge in [-0.25, -0.2) is 9.37 Å². The lowest BCUT2D eigenvalue weighted by atomic mass is 9.90. The third-order valence-corrected chi connectivity index (χ3v) is 4.16.